The Morgan fingerprint density at radius 3 is 0.850 bits per heavy atom. The van der Waals surface area contributed by atoms with Crippen LogP contribution in [0.25, 0.3) is 0 Å². The van der Waals surface area contributed by atoms with Crippen molar-refractivity contribution in [3.63, 3.8) is 0 Å². The van der Waals surface area contributed by atoms with Crippen LogP contribution < -0.4 is 0 Å². The summed E-state index contributed by atoms with van der Waals surface area (Å²) < 4.78 is 67.8. The summed E-state index contributed by atoms with van der Waals surface area (Å²) in [5.74, 6) is -0.743. The zero-order chi connectivity index (χ0) is 59.4. The van der Waals surface area contributed by atoms with Crippen molar-refractivity contribution in [1.29, 1.82) is 0 Å². The molecule has 19 heteroatoms. The van der Waals surface area contributed by atoms with E-state index < -0.39 is 97.5 Å². The molecule has 0 aromatic carbocycles. The molecule has 0 aromatic rings. The second-order valence-corrected chi connectivity index (χ2v) is 25.9. The van der Waals surface area contributed by atoms with E-state index in [0.29, 0.717) is 31.6 Å². The molecule has 2 unspecified atom stereocenters. The summed E-state index contributed by atoms with van der Waals surface area (Å²) in [5.41, 5.74) is 0. The molecule has 474 valence electrons. The van der Waals surface area contributed by atoms with Crippen LogP contribution in [0.2, 0.25) is 0 Å². The Morgan fingerprint density at radius 1 is 0.338 bits per heavy atom. The maximum absolute atomic E-state index is 12.9. The summed E-state index contributed by atoms with van der Waals surface area (Å²) >= 11 is 0. The number of unbranched alkanes of at least 4 members (excludes halogenated alkanes) is 30. The lowest BCUT2D eigenvalue weighted by Crippen LogP contribution is -2.30. The molecule has 0 spiro atoms. The first-order valence-corrected chi connectivity index (χ1v) is 35.0. The van der Waals surface area contributed by atoms with Crippen molar-refractivity contribution < 1.29 is 80.2 Å². The number of esters is 4. The number of ether oxygens (including phenoxy) is 4. The van der Waals surface area contributed by atoms with E-state index in [4.69, 9.17) is 37.0 Å². The second-order valence-electron chi connectivity index (χ2n) is 23.0. The SMILES string of the molecule is CCCCCCCCCCCCC(=O)OC[C@H](COP(=O)(O)OC[C@@H](O)COP(=O)(O)OC[C@@H](COC(=O)CCCCCCCCC(C)C)OC(=O)CCCCCCCCCCCC)OC(=O)CCCCCCCCCCC(C)C. The molecule has 0 heterocycles. The minimum atomic E-state index is -4.94. The molecule has 0 bridgehead atoms. The van der Waals surface area contributed by atoms with Crippen molar-refractivity contribution in [3.05, 3.63) is 0 Å². The molecule has 0 aliphatic heterocycles. The fraction of sp³-hybridized carbons (Fsp3) is 0.934. The molecule has 0 aliphatic carbocycles. The van der Waals surface area contributed by atoms with E-state index in [1.54, 1.807) is 0 Å². The number of rotatable bonds is 60. The predicted molar refractivity (Wildman–Crippen MR) is 317 cm³/mol. The number of hydrogen-bond acceptors (Lipinski definition) is 15. The van der Waals surface area contributed by atoms with Gasteiger partial charge in [-0.05, 0) is 37.5 Å². The Morgan fingerprint density at radius 2 is 0.575 bits per heavy atom. The van der Waals surface area contributed by atoms with E-state index in [1.165, 1.54) is 109 Å². The first-order chi connectivity index (χ1) is 38.4. The normalized spacial score (nSPS) is 14.4. The van der Waals surface area contributed by atoms with Crippen LogP contribution in [0.1, 0.15) is 298 Å². The number of aliphatic hydroxyl groups is 1. The van der Waals surface area contributed by atoms with E-state index in [2.05, 4.69) is 41.5 Å². The Hall–Kier alpha value is -1.94. The van der Waals surface area contributed by atoms with Crippen molar-refractivity contribution in [3.8, 4) is 0 Å². The molecule has 0 fully saturated rings. The van der Waals surface area contributed by atoms with E-state index in [-0.39, 0.29) is 25.7 Å². The van der Waals surface area contributed by atoms with Gasteiger partial charge in [0.1, 0.15) is 19.3 Å². The summed E-state index contributed by atoms with van der Waals surface area (Å²) in [6.07, 6.45) is 34.9. The van der Waals surface area contributed by atoms with Gasteiger partial charge in [-0.3, -0.25) is 37.3 Å². The molecule has 0 saturated carbocycles. The third-order valence-electron chi connectivity index (χ3n) is 14.0. The van der Waals surface area contributed by atoms with Crippen LogP contribution in [-0.2, 0) is 65.4 Å². The molecule has 80 heavy (non-hydrogen) atoms. The third-order valence-corrected chi connectivity index (χ3v) is 15.9. The topological polar surface area (TPSA) is 237 Å². The van der Waals surface area contributed by atoms with Gasteiger partial charge in [-0.1, -0.05) is 247 Å². The van der Waals surface area contributed by atoms with Gasteiger partial charge in [-0.2, -0.15) is 0 Å². The van der Waals surface area contributed by atoms with Crippen LogP contribution in [0, 0.1) is 11.8 Å². The fourth-order valence-corrected chi connectivity index (χ4v) is 10.6. The van der Waals surface area contributed by atoms with Crippen LogP contribution in [0.4, 0.5) is 0 Å². The van der Waals surface area contributed by atoms with Gasteiger partial charge in [-0.15, -0.1) is 0 Å². The number of hydrogen-bond donors (Lipinski definition) is 3. The van der Waals surface area contributed by atoms with Crippen molar-refractivity contribution in [2.45, 2.75) is 317 Å². The second kappa shape index (κ2) is 53.8. The Bertz CT molecular complexity index is 1580. The maximum atomic E-state index is 12.9. The molecule has 5 atom stereocenters. The first kappa shape index (κ1) is 78.1. The summed E-state index contributed by atoms with van der Waals surface area (Å²) in [4.78, 5) is 72.0. The lowest BCUT2D eigenvalue weighted by Gasteiger charge is -2.21. The standard InChI is InChI=1S/C61H118O17P2/c1-7-9-11-13-15-17-19-24-31-37-43-58(63)71-49-56(78-61(66)46-40-34-26-22-21-23-29-35-41-53(3)4)51-75-79(67,68)73-47-55(62)48-74-80(69,70)76-52-57(50-72-59(64)44-38-32-28-27-30-36-42-54(5)6)77-60(65)45-39-33-25-20-18-16-14-12-10-8-2/h53-57,62H,7-52H2,1-6H3,(H,67,68)(H,69,70)/t55-,56-,57-/m1/s1. The Balaban J connectivity index is 5.24. The molecule has 0 saturated heterocycles. The largest absolute Gasteiger partial charge is 0.472 e. The van der Waals surface area contributed by atoms with Gasteiger partial charge < -0.3 is 33.8 Å². The van der Waals surface area contributed by atoms with Crippen molar-refractivity contribution in [2.75, 3.05) is 39.6 Å². The fourth-order valence-electron chi connectivity index (χ4n) is 9.00. The summed E-state index contributed by atoms with van der Waals surface area (Å²) in [5, 5.41) is 10.5. The van der Waals surface area contributed by atoms with Gasteiger partial charge in [0.25, 0.3) is 0 Å². The average Bonchev–Trinajstić information content (AvgIpc) is 3.41. The highest BCUT2D eigenvalue weighted by atomic mass is 31.2. The quantitative estimate of drug-likeness (QED) is 0.0222. The molecule has 17 nitrogen and oxygen atoms in total. The van der Waals surface area contributed by atoms with Crippen molar-refractivity contribution in [1.82, 2.24) is 0 Å². The highest BCUT2D eigenvalue weighted by molar-refractivity contribution is 7.47. The van der Waals surface area contributed by atoms with Gasteiger partial charge in [0.15, 0.2) is 12.2 Å². The van der Waals surface area contributed by atoms with E-state index in [9.17, 15) is 43.2 Å². The van der Waals surface area contributed by atoms with E-state index in [0.717, 1.165) is 102 Å². The highest BCUT2D eigenvalue weighted by Gasteiger charge is 2.30. The number of aliphatic hydroxyl groups excluding tert-OH is 1. The molecule has 0 aromatic heterocycles. The van der Waals surface area contributed by atoms with E-state index >= 15 is 0 Å². The van der Waals surface area contributed by atoms with Gasteiger partial charge in [0, 0.05) is 25.7 Å². The molecule has 0 aliphatic rings. The molecule has 0 amide bonds. The van der Waals surface area contributed by atoms with Crippen molar-refractivity contribution in [2.24, 2.45) is 11.8 Å². The smallest absolute Gasteiger partial charge is 0.462 e. The minimum absolute atomic E-state index is 0.104. The van der Waals surface area contributed by atoms with Gasteiger partial charge in [0.05, 0.1) is 26.4 Å². The number of phosphoric ester groups is 2. The molecular formula is C61H118O17P2. The van der Waals surface area contributed by atoms with Crippen LogP contribution in [0.5, 0.6) is 0 Å². The lowest BCUT2D eigenvalue weighted by atomic mass is 10.0. The Kier molecular flexibility index (Phi) is 52.5. The zero-order valence-electron chi connectivity index (χ0n) is 51.4. The van der Waals surface area contributed by atoms with Gasteiger partial charge >= 0.3 is 39.5 Å². The number of carbonyl (C=O) groups is 4. The van der Waals surface area contributed by atoms with Crippen LogP contribution >= 0.6 is 15.6 Å². The number of carbonyl (C=O) groups excluding carboxylic acids is 4. The molecule has 3 N–H and O–H groups in total. The first-order valence-electron chi connectivity index (χ1n) is 32.0. The molecule has 0 radical (unpaired) electrons. The van der Waals surface area contributed by atoms with Gasteiger partial charge in [-0.25, -0.2) is 9.13 Å². The average molecular weight is 1190 g/mol. The minimum Gasteiger partial charge on any atom is -0.462 e. The monoisotopic (exact) mass is 1180 g/mol. The predicted octanol–water partition coefficient (Wildman–Crippen LogP) is 16.5. The highest BCUT2D eigenvalue weighted by Crippen LogP contribution is 2.45. The molecule has 0 rings (SSSR count). The van der Waals surface area contributed by atoms with Crippen LogP contribution in [0.3, 0.4) is 0 Å². The van der Waals surface area contributed by atoms with Gasteiger partial charge in [0.2, 0.25) is 0 Å². The van der Waals surface area contributed by atoms with Crippen LogP contribution in [-0.4, -0.2) is 96.7 Å². The zero-order valence-corrected chi connectivity index (χ0v) is 53.2. The Labute approximate surface area is 486 Å². The lowest BCUT2D eigenvalue weighted by molar-refractivity contribution is -0.161. The molecular weight excluding hydrogens is 1070 g/mol. The number of phosphoric acid groups is 2. The summed E-state index contributed by atoms with van der Waals surface area (Å²) in [6, 6.07) is 0. The summed E-state index contributed by atoms with van der Waals surface area (Å²) in [7, 11) is -9.88. The van der Waals surface area contributed by atoms with E-state index in [1.807, 2.05) is 0 Å². The van der Waals surface area contributed by atoms with Crippen molar-refractivity contribution >= 4 is 39.5 Å². The third kappa shape index (κ3) is 55.3. The van der Waals surface area contributed by atoms with Crippen LogP contribution in [0.15, 0.2) is 0 Å². The summed E-state index contributed by atoms with van der Waals surface area (Å²) in [6.45, 7) is 9.33. The maximum Gasteiger partial charge on any atom is 0.472 e.